The summed E-state index contributed by atoms with van der Waals surface area (Å²) in [7, 11) is 0. The number of anilines is 1. The minimum atomic E-state index is -0.196. The van der Waals surface area contributed by atoms with Gasteiger partial charge in [-0.15, -0.1) is 11.3 Å². The third kappa shape index (κ3) is 2.06. The van der Waals surface area contributed by atoms with E-state index >= 15 is 0 Å². The lowest BCUT2D eigenvalue weighted by Gasteiger charge is -2.13. The SMILES string of the molecule is NN(C(=O)c1ccccc1)c1cccs1. The second kappa shape index (κ2) is 4.25. The van der Waals surface area contributed by atoms with Crippen molar-refractivity contribution in [2.45, 2.75) is 0 Å². The second-order valence-electron chi connectivity index (χ2n) is 2.99. The first-order valence-corrected chi connectivity index (χ1v) is 5.35. The summed E-state index contributed by atoms with van der Waals surface area (Å²) in [4.78, 5) is 11.9. The van der Waals surface area contributed by atoms with Gasteiger partial charge in [0, 0.05) is 5.56 Å². The average molecular weight is 218 g/mol. The van der Waals surface area contributed by atoms with E-state index in [-0.39, 0.29) is 5.91 Å². The van der Waals surface area contributed by atoms with Crippen LogP contribution in [0.15, 0.2) is 47.8 Å². The number of nitrogens with zero attached hydrogens (tertiary/aromatic N) is 1. The van der Waals surface area contributed by atoms with E-state index in [1.807, 2.05) is 35.7 Å². The van der Waals surface area contributed by atoms with Crippen molar-refractivity contribution >= 4 is 22.2 Å². The molecule has 0 saturated heterocycles. The highest BCUT2D eigenvalue weighted by Gasteiger charge is 2.13. The zero-order valence-electron chi connectivity index (χ0n) is 7.96. The summed E-state index contributed by atoms with van der Waals surface area (Å²) in [6, 6.07) is 12.7. The van der Waals surface area contributed by atoms with Gasteiger partial charge in [-0.2, -0.15) is 0 Å². The molecule has 0 bridgehead atoms. The van der Waals surface area contributed by atoms with Crippen LogP contribution < -0.4 is 10.9 Å². The molecule has 0 saturated carbocycles. The highest BCUT2D eigenvalue weighted by Crippen LogP contribution is 2.19. The lowest BCUT2D eigenvalue weighted by Crippen LogP contribution is -2.36. The minimum Gasteiger partial charge on any atom is -0.267 e. The van der Waals surface area contributed by atoms with Crippen molar-refractivity contribution in [1.82, 2.24) is 0 Å². The summed E-state index contributed by atoms with van der Waals surface area (Å²) >= 11 is 1.43. The van der Waals surface area contributed by atoms with Crippen molar-refractivity contribution in [3.05, 3.63) is 53.4 Å². The maximum absolute atomic E-state index is 11.9. The number of benzene rings is 1. The van der Waals surface area contributed by atoms with Gasteiger partial charge in [0.05, 0.1) is 0 Å². The number of nitrogens with two attached hydrogens (primary N) is 1. The van der Waals surface area contributed by atoms with E-state index < -0.39 is 0 Å². The number of hydrogen-bond acceptors (Lipinski definition) is 3. The quantitative estimate of drug-likeness (QED) is 0.477. The van der Waals surface area contributed by atoms with Crippen LogP contribution in [0.2, 0.25) is 0 Å². The van der Waals surface area contributed by atoms with E-state index in [1.165, 1.54) is 16.3 Å². The van der Waals surface area contributed by atoms with E-state index in [0.717, 1.165) is 5.00 Å². The number of carbonyl (C=O) groups is 1. The maximum Gasteiger partial charge on any atom is 0.273 e. The lowest BCUT2D eigenvalue weighted by atomic mass is 10.2. The number of thiophene rings is 1. The first-order chi connectivity index (χ1) is 7.29. The van der Waals surface area contributed by atoms with E-state index in [1.54, 1.807) is 12.1 Å². The minimum absolute atomic E-state index is 0.196. The number of amides is 1. The normalized spacial score (nSPS) is 9.93. The summed E-state index contributed by atoms with van der Waals surface area (Å²) in [5.41, 5.74) is 0.591. The highest BCUT2D eigenvalue weighted by molar-refractivity contribution is 7.14. The number of hydrazine groups is 1. The monoisotopic (exact) mass is 218 g/mol. The van der Waals surface area contributed by atoms with Crippen molar-refractivity contribution in [3.8, 4) is 0 Å². The van der Waals surface area contributed by atoms with Crippen molar-refractivity contribution in [2.75, 3.05) is 5.01 Å². The van der Waals surface area contributed by atoms with Gasteiger partial charge < -0.3 is 0 Å². The van der Waals surface area contributed by atoms with Crippen LogP contribution in [0.3, 0.4) is 0 Å². The van der Waals surface area contributed by atoms with Gasteiger partial charge in [0.15, 0.2) is 0 Å². The summed E-state index contributed by atoms with van der Waals surface area (Å²) in [6.45, 7) is 0. The molecule has 1 amide bonds. The van der Waals surface area contributed by atoms with Crippen molar-refractivity contribution in [1.29, 1.82) is 0 Å². The standard InChI is InChI=1S/C11H10N2OS/c12-13(10-7-4-8-15-10)11(14)9-5-2-1-3-6-9/h1-8H,12H2. The van der Waals surface area contributed by atoms with Crippen molar-refractivity contribution < 1.29 is 4.79 Å². The van der Waals surface area contributed by atoms with Crippen molar-refractivity contribution in [3.63, 3.8) is 0 Å². The van der Waals surface area contributed by atoms with Gasteiger partial charge in [-0.3, -0.25) is 4.79 Å². The Bertz CT molecular complexity index is 439. The Morgan fingerprint density at radius 1 is 1.13 bits per heavy atom. The molecule has 0 aliphatic rings. The van der Waals surface area contributed by atoms with Crippen LogP contribution in [-0.2, 0) is 0 Å². The molecule has 0 unspecified atom stereocenters. The average Bonchev–Trinajstić information content (AvgIpc) is 2.82. The van der Waals surface area contributed by atoms with Gasteiger partial charge in [0.25, 0.3) is 5.91 Å². The van der Waals surface area contributed by atoms with Crippen LogP contribution in [0, 0.1) is 0 Å². The first-order valence-electron chi connectivity index (χ1n) is 4.47. The molecule has 2 N–H and O–H groups in total. The predicted molar refractivity (Wildman–Crippen MR) is 61.8 cm³/mol. The van der Waals surface area contributed by atoms with Gasteiger partial charge in [0.2, 0.25) is 0 Å². The number of hydrogen-bond donors (Lipinski definition) is 1. The van der Waals surface area contributed by atoms with Crippen LogP contribution in [0.4, 0.5) is 5.00 Å². The molecule has 0 atom stereocenters. The molecule has 0 radical (unpaired) electrons. The van der Waals surface area contributed by atoms with E-state index in [0.29, 0.717) is 5.56 Å². The third-order valence-corrected chi connectivity index (χ3v) is 2.85. The van der Waals surface area contributed by atoms with E-state index in [9.17, 15) is 4.79 Å². The molecule has 2 rings (SSSR count). The molecular formula is C11H10N2OS. The second-order valence-corrected chi connectivity index (χ2v) is 3.92. The molecule has 0 aliphatic carbocycles. The zero-order chi connectivity index (χ0) is 10.7. The first kappa shape index (κ1) is 9.89. The maximum atomic E-state index is 11.9. The topological polar surface area (TPSA) is 46.3 Å². The van der Waals surface area contributed by atoms with Crippen LogP contribution in [-0.4, -0.2) is 5.91 Å². The largest absolute Gasteiger partial charge is 0.273 e. The number of carbonyl (C=O) groups excluding carboxylic acids is 1. The van der Waals surface area contributed by atoms with Crippen LogP contribution in [0.5, 0.6) is 0 Å². The molecule has 3 nitrogen and oxygen atoms in total. The fraction of sp³-hybridized carbons (Fsp3) is 0. The number of rotatable bonds is 2. The fourth-order valence-electron chi connectivity index (χ4n) is 1.23. The predicted octanol–water partition coefficient (Wildman–Crippen LogP) is 2.27. The smallest absolute Gasteiger partial charge is 0.267 e. The Morgan fingerprint density at radius 2 is 1.87 bits per heavy atom. The summed E-state index contributed by atoms with van der Waals surface area (Å²) in [5, 5.41) is 3.79. The molecule has 0 spiro atoms. The molecule has 76 valence electrons. The summed E-state index contributed by atoms with van der Waals surface area (Å²) in [5.74, 6) is 5.51. The van der Waals surface area contributed by atoms with E-state index in [2.05, 4.69) is 0 Å². The summed E-state index contributed by atoms with van der Waals surface area (Å²) < 4.78 is 0. The molecule has 2 aromatic rings. The Kier molecular flexibility index (Phi) is 2.80. The molecule has 1 aromatic heterocycles. The zero-order valence-corrected chi connectivity index (χ0v) is 8.78. The van der Waals surface area contributed by atoms with Crippen LogP contribution in [0.25, 0.3) is 0 Å². The Balaban J connectivity index is 2.23. The van der Waals surface area contributed by atoms with Crippen LogP contribution >= 0.6 is 11.3 Å². The fourth-order valence-corrected chi connectivity index (χ4v) is 1.88. The van der Waals surface area contributed by atoms with Gasteiger partial charge in [-0.25, -0.2) is 10.9 Å². The third-order valence-electron chi connectivity index (χ3n) is 1.98. The lowest BCUT2D eigenvalue weighted by molar-refractivity contribution is 0.0987. The molecular weight excluding hydrogens is 208 g/mol. The van der Waals surface area contributed by atoms with Gasteiger partial charge in [-0.1, -0.05) is 18.2 Å². The molecule has 1 heterocycles. The van der Waals surface area contributed by atoms with Gasteiger partial charge in [-0.05, 0) is 29.6 Å². The molecule has 4 heteroatoms. The van der Waals surface area contributed by atoms with Gasteiger partial charge in [0.1, 0.15) is 5.00 Å². The van der Waals surface area contributed by atoms with Crippen molar-refractivity contribution in [2.24, 2.45) is 5.84 Å². The Hall–Kier alpha value is -1.65. The highest BCUT2D eigenvalue weighted by atomic mass is 32.1. The molecule has 0 aliphatic heterocycles. The van der Waals surface area contributed by atoms with E-state index in [4.69, 9.17) is 5.84 Å². The Labute approximate surface area is 91.7 Å². The van der Waals surface area contributed by atoms with Crippen LogP contribution in [0.1, 0.15) is 10.4 Å². The molecule has 15 heavy (non-hydrogen) atoms. The summed E-state index contributed by atoms with van der Waals surface area (Å²) in [6.07, 6.45) is 0. The van der Waals surface area contributed by atoms with Gasteiger partial charge >= 0.3 is 0 Å². The Morgan fingerprint density at radius 3 is 2.47 bits per heavy atom. The molecule has 1 aromatic carbocycles. The molecule has 0 fully saturated rings.